The molecule has 0 aromatic heterocycles. The molecular weight excluding hydrogens is 323 g/mol. The Bertz CT molecular complexity index is 606. The first-order chi connectivity index (χ1) is 10.6. The van der Waals surface area contributed by atoms with E-state index in [0.29, 0.717) is 23.0 Å². The van der Waals surface area contributed by atoms with Crippen LogP contribution in [0.15, 0.2) is 18.2 Å². The van der Waals surface area contributed by atoms with Crippen LogP contribution in [0.4, 0.5) is 0 Å². The maximum atomic E-state index is 12.3. The fraction of sp³-hybridized carbons (Fsp3) is 0.500. The van der Waals surface area contributed by atoms with E-state index < -0.39 is 6.04 Å². The van der Waals surface area contributed by atoms with Gasteiger partial charge in [-0.3, -0.25) is 9.59 Å². The fourth-order valence-corrected chi connectivity index (χ4v) is 3.26. The Hall–Kier alpha value is -1.26. The monoisotopic (exact) mass is 340 g/mol. The minimum absolute atomic E-state index is 0.0434. The van der Waals surface area contributed by atoms with E-state index in [-0.39, 0.29) is 23.7 Å². The lowest BCUT2D eigenvalue weighted by molar-refractivity contribution is -0.129. The SMILES string of the molecule is O=C1NCCCCC1NC(=O)C1CC1c1ccc(Cl)c(Cl)c1. The molecule has 2 fully saturated rings. The molecule has 3 unspecified atom stereocenters. The molecule has 3 rings (SSSR count). The average Bonchev–Trinajstić information content (AvgIpc) is 3.29. The number of amides is 2. The zero-order valence-electron chi connectivity index (χ0n) is 12.1. The summed E-state index contributed by atoms with van der Waals surface area (Å²) in [7, 11) is 0. The van der Waals surface area contributed by atoms with Crippen LogP contribution >= 0.6 is 23.2 Å². The Morgan fingerprint density at radius 1 is 1.23 bits per heavy atom. The van der Waals surface area contributed by atoms with E-state index in [1.165, 1.54) is 0 Å². The van der Waals surface area contributed by atoms with Gasteiger partial charge in [-0.15, -0.1) is 0 Å². The molecule has 3 atom stereocenters. The summed E-state index contributed by atoms with van der Waals surface area (Å²) in [6.45, 7) is 0.695. The lowest BCUT2D eigenvalue weighted by Gasteiger charge is -2.15. The van der Waals surface area contributed by atoms with Crippen molar-refractivity contribution in [3.63, 3.8) is 0 Å². The van der Waals surface area contributed by atoms with Crippen molar-refractivity contribution >= 4 is 35.0 Å². The van der Waals surface area contributed by atoms with E-state index in [4.69, 9.17) is 23.2 Å². The zero-order valence-corrected chi connectivity index (χ0v) is 13.6. The van der Waals surface area contributed by atoms with Gasteiger partial charge < -0.3 is 10.6 Å². The molecule has 2 N–H and O–H groups in total. The summed E-state index contributed by atoms with van der Waals surface area (Å²) in [6.07, 6.45) is 3.41. The molecule has 0 bridgehead atoms. The van der Waals surface area contributed by atoms with Gasteiger partial charge in [-0.2, -0.15) is 0 Å². The second-order valence-electron chi connectivity index (χ2n) is 5.97. The van der Waals surface area contributed by atoms with Crippen molar-refractivity contribution in [2.75, 3.05) is 6.54 Å². The highest BCUT2D eigenvalue weighted by molar-refractivity contribution is 6.42. The zero-order chi connectivity index (χ0) is 15.7. The molecular formula is C16H18Cl2N2O2. The van der Waals surface area contributed by atoms with E-state index in [2.05, 4.69) is 10.6 Å². The Kier molecular flexibility index (Phi) is 4.59. The van der Waals surface area contributed by atoms with Crippen LogP contribution in [0.5, 0.6) is 0 Å². The number of carbonyl (C=O) groups excluding carboxylic acids is 2. The van der Waals surface area contributed by atoms with Gasteiger partial charge in [-0.05, 0) is 49.3 Å². The van der Waals surface area contributed by atoms with Gasteiger partial charge >= 0.3 is 0 Å². The lowest BCUT2D eigenvalue weighted by atomic mass is 10.1. The molecule has 1 aromatic carbocycles. The van der Waals surface area contributed by atoms with Gasteiger partial charge in [0, 0.05) is 12.5 Å². The topological polar surface area (TPSA) is 58.2 Å². The van der Waals surface area contributed by atoms with Crippen LogP contribution in [0.3, 0.4) is 0 Å². The Morgan fingerprint density at radius 2 is 2.05 bits per heavy atom. The fourth-order valence-electron chi connectivity index (χ4n) is 2.95. The van der Waals surface area contributed by atoms with Crippen LogP contribution < -0.4 is 10.6 Å². The summed E-state index contributed by atoms with van der Waals surface area (Å²) < 4.78 is 0. The van der Waals surface area contributed by atoms with Crippen LogP contribution in [0.1, 0.15) is 37.2 Å². The van der Waals surface area contributed by atoms with E-state index in [1.54, 1.807) is 6.07 Å². The third kappa shape index (κ3) is 3.39. The van der Waals surface area contributed by atoms with Crippen LogP contribution in [0.25, 0.3) is 0 Å². The molecule has 22 heavy (non-hydrogen) atoms. The van der Waals surface area contributed by atoms with E-state index >= 15 is 0 Å². The highest BCUT2D eigenvalue weighted by atomic mass is 35.5. The Balaban J connectivity index is 1.60. The summed E-state index contributed by atoms with van der Waals surface area (Å²) in [4.78, 5) is 24.2. The van der Waals surface area contributed by atoms with Gasteiger partial charge in [0.05, 0.1) is 10.0 Å². The molecule has 0 spiro atoms. The Labute approximate surface area is 139 Å². The molecule has 118 valence electrons. The number of carbonyl (C=O) groups is 2. The molecule has 1 saturated carbocycles. The number of benzene rings is 1. The maximum absolute atomic E-state index is 12.3. The van der Waals surface area contributed by atoms with Gasteiger partial charge in [0.25, 0.3) is 0 Å². The number of halogens is 2. The summed E-state index contributed by atoms with van der Waals surface area (Å²) >= 11 is 11.9. The number of rotatable bonds is 3. The van der Waals surface area contributed by atoms with Crippen molar-refractivity contribution in [2.24, 2.45) is 5.92 Å². The molecule has 0 radical (unpaired) electrons. The minimum atomic E-state index is -0.398. The predicted molar refractivity (Wildman–Crippen MR) is 86.1 cm³/mol. The van der Waals surface area contributed by atoms with Crippen molar-refractivity contribution in [3.8, 4) is 0 Å². The third-order valence-corrected chi connectivity index (χ3v) is 5.09. The van der Waals surface area contributed by atoms with Gasteiger partial charge in [-0.25, -0.2) is 0 Å². The summed E-state index contributed by atoms with van der Waals surface area (Å²) in [5.41, 5.74) is 1.03. The van der Waals surface area contributed by atoms with Crippen LogP contribution in [-0.4, -0.2) is 24.4 Å². The highest BCUT2D eigenvalue weighted by Crippen LogP contribution is 2.48. The molecule has 1 saturated heterocycles. The highest BCUT2D eigenvalue weighted by Gasteiger charge is 2.45. The van der Waals surface area contributed by atoms with Crippen molar-refractivity contribution in [2.45, 2.75) is 37.6 Å². The van der Waals surface area contributed by atoms with Gasteiger partial charge in [0.2, 0.25) is 11.8 Å². The molecule has 1 aliphatic carbocycles. The number of hydrogen-bond donors (Lipinski definition) is 2. The van der Waals surface area contributed by atoms with Crippen molar-refractivity contribution in [1.82, 2.24) is 10.6 Å². The lowest BCUT2D eigenvalue weighted by Crippen LogP contribution is -2.46. The maximum Gasteiger partial charge on any atom is 0.242 e. The second kappa shape index (κ2) is 6.47. The Morgan fingerprint density at radius 3 is 2.82 bits per heavy atom. The molecule has 2 amide bonds. The van der Waals surface area contributed by atoms with Crippen LogP contribution in [0.2, 0.25) is 10.0 Å². The molecule has 2 aliphatic rings. The first-order valence-corrected chi connectivity index (χ1v) is 8.35. The van der Waals surface area contributed by atoms with Gasteiger partial charge in [-0.1, -0.05) is 29.3 Å². The molecule has 6 heteroatoms. The van der Waals surface area contributed by atoms with E-state index in [1.807, 2.05) is 12.1 Å². The largest absolute Gasteiger partial charge is 0.354 e. The van der Waals surface area contributed by atoms with Crippen molar-refractivity contribution < 1.29 is 9.59 Å². The average molecular weight is 341 g/mol. The van der Waals surface area contributed by atoms with Gasteiger partial charge in [0.15, 0.2) is 0 Å². The smallest absolute Gasteiger partial charge is 0.242 e. The number of hydrogen-bond acceptors (Lipinski definition) is 2. The first kappa shape index (κ1) is 15.6. The summed E-state index contributed by atoms with van der Waals surface area (Å²) in [5, 5.41) is 6.74. The summed E-state index contributed by atoms with van der Waals surface area (Å²) in [5.74, 6) is -0.0207. The summed E-state index contributed by atoms with van der Waals surface area (Å²) in [6, 6.07) is 5.08. The van der Waals surface area contributed by atoms with Crippen molar-refractivity contribution in [3.05, 3.63) is 33.8 Å². The number of nitrogens with one attached hydrogen (secondary N) is 2. The first-order valence-electron chi connectivity index (χ1n) is 7.59. The van der Waals surface area contributed by atoms with Gasteiger partial charge in [0.1, 0.15) is 6.04 Å². The quantitative estimate of drug-likeness (QED) is 0.888. The second-order valence-corrected chi connectivity index (χ2v) is 6.78. The van der Waals surface area contributed by atoms with E-state index in [0.717, 1.165) is 24.8 Å². The van der Waals surface area contributed by atoms with Crippen LogP contribution in [-0.2, 0) is 9.59 Å². The van der Waals surface area contributed by atoms with Crippen LogP contribution in [0, 0.1) is 5.92 Å². The predicted octanol–water partition coefficient (Wildman–Crippen LogP) is 2.88. The molecule has 1 aliphatic heterocycles. The normalized spacial score (nSPS) is 27.7. The molecule has 1 heterocycles. The van der Waals surface area contributed by atoms with Crippen molar-refractivity contribution in [1.29, 1.82) is 0 Å². The third-order valence-electron chi connectivity index (χ3n) is 4.35. The standard InChI is InChI=1S/C16H18Cl2N2O2/c17-12-5-4-9(7-13(12)18)10-8-11(10)15(21)20-14-3-1-2-6-19-16(14)22/h4-5,7,10-11,14H,1-3,6,8H2,(H,19,22)(H,20,21). The molecule has 4 nitrogen and oxygen atoms in total. The minimum Gasteiger partial charge on any atom is -0.354 e. The van der Waals surface area contributed by atoms with E-state index in [9.17, 15) is 9.59 Å². The molecule has 1 aromatic rings.